The lowest BCUT2D eigenvalue weighted by Gasteiger charge is -2.25. The molecule has 1 aliphatic rings. The lowest BCUT2D eigenvalue weighted by molar-refractivity contribution is 0.411. The highest BCUT2D eigenvalue weighted by atomic mass is 79.9. The van der Waals surface area contributed by atoms with Crippen LogP contribution in [0.25, 0.3) is 0 Å². The van der Waals surface area contributed by atoms with Gasteiger partial charge < -0.3 is 5.32 Å². The quantitative estimate of drug-likeness (QED) is 0.824. The van der Waals surface area contributed by atoms with Crippen LogP contribution in [0.4, 0.5) is 0 Å². The lowest BCUT2D eigenvalue weighted by atomic mass is 9.94. The summed E-state index contributed by atoms with van der Waals surface area (Å²) >= 11 is 3.54. The van der Waals surface area contributed by atoms with Gasteiger partial charge in [0.05, 0.1) is 0 Å². The van der Waals surface area contributed by atoms with E-state index >= 15 is 0 Å². The molecular formula is C12H17BrClN. The minimum atomic E-state index is 0. The largest absolute Gasteiger partial charge is 0.310 e. The molecule has 1 aromatic carbocycles. The Labute approximate surface area is 106 Å². The molecule has 1 N–H and O–H groups in total. The number of nitrogens with one attached hydrogen (secondary N) is 1. The van der Waals surface area contributed by atoms with Crippen LogP contribution in [-0.2, 0) is 0 Å². The summed E-state index contributed by atoms with van der Waals surface area (Å²) in [5.41, 5.74) is 2.85. The smallest absolute Gasteiger partial charge is 0.0323 e. The molecule has 0 radical (unpaired) electrons. The van der Waals surface area contributed by atoms with Gasteiger partial charge in [-0.25, -0.2) is 0 Å². The molecule has 1 aliphatic heterocycles. The Balaban J connectivity index is 0.00000112. The fourth-order valence-electron chi connectivity index (χ4n) is 2.10. The van der Waals surface area contributed by atoms with Gasteiger partial charge in [0.1, 0.15) is 0 Å². The molecule has 0 saturated carbocycles. The molecule has 2 rings (SSSR count). The first-order chi connectivity index (χ1) is 6.77. The van der Waals surface area contributed by atoms with Crippen molar-refractivity contribution in [2.45, 2.75) is 32.2 Å². The van der Waals surface area contributed by atoms with E-state index in [0.717, 1.165) is 6.54 Å². The normalized spacial score (nSPS) is 20.8. The Morgan fingerprint density at radius 2 is 2.13 bits per heavy atom. The number of hydrogen-bond acceptors (Lipinski definition) is 1. The van der Waals surface area contributed by atoms with Gasteiger partial charge in [0.25, 0.3) is 0 Å². The molecule has 1 atom stereocenters. The van der Waals surface area contributed by atoms with E-state index in [1.165, 1.54) is 34.9 Å². The van der Waals surface area contributed by atoms with E-state index in [2.05, 4.69) is 46.4 Å². The molecule has 0 unspecified atom stereocenters. The molecule has 84 valence electrons. The van der Waals surface area contributed by atoms with Crippen LogP contribution in [0, 0.1) is 6.92 Å². The Morgan fingerprint density at radius 3 is 2.80 bits per heavy atom. The van der Waals surface area contributed by atoms with E-state index in [9.17, 15) is 0 Å². The third kappa shape index (κ3) is 3.20. The Kier molecular flexibility index (Phi) is 5.10. The number of benzene rings is 1. The molecular weight excluding hydrogens is 273 g/mol. The fourth-order valence-corrected chi connectivity index (χ4v) is 2.48. The summed E-state index contributed by atoms with van der Waals surface area (Å²) in [5, 5.41) is 3.58. The first-order valence-electron chi connectivity index (χ1n) is 5.27. The van der Waals surface area contributed by atoms with Gasteiger partial charge in [0.2, 0.25) is 0 Å². The minimum absolute atomic E-state index is 0. The number of halogens is 2. The molecule has 3 heteroatoms. The van der Waals surface area contributed by atoms with Crippen molar-refractivity contribution in [3.8, 4) is 0 Å². The maximum atomic E-state index is 3.58. The summed E-state index contributed by atoms with van der Waals surface area (Å²) in [6, 6.07) is 7.12. The molecule has 1 aromatic rings. The van der Waals surface area contributed by atoms with Crippen LogP contribution in [-0.4, -0.2) is 6.54 Å². The van der Waals surface area contributed by atoms with Crippen molar-refractivity contribution in [3.63, 3.8) is 0 Å². The first kappa shape index (κ1) is 13.0. The van der Waals surface area contributed by atoms with Gasteiger partial charge in [-0.2, -0.15) is 0 Å². The number of aryl methyl sites for hydroxylation is 1. The maximum Gasteiger partial charge on any atom is 0.0323 e. The van der Waals surface area contributed by atoms with E-state index in [1.807, 2.05) is 0 Å². The van der Waals surface area contributed by atoms with Crippen LogP contribution in [0.3, 0.4) is 0 Å². The second-order valence-corrected chi connectivity index (χ2v) is 4.92. The zero-order valence-electron chi connectivity index (χ0n) is 8.92. The van der Waals surface area contributed by atoms with Crippen molar-refractivity contribution in [3.05, 3.63) is 33.8 Å². The lowest BCUT2D eigenvalue weighted by Crippen LogP contribution is -2.27. The number of hydrogen-bond donors (Lipinski definition) is 1. The zero-order valence-corrected chi connectivity index (χ0v) is 11.3. The van der Waals surface area contributed by atoms with E-state index in [4.69, 9.17) is 0 Å². The van der Waals surface area contributed by atoms with E-state index < -0.39 is 0 Å². The van der Waals surface area contributed by atoms with Gasteiger partial charge >= 0.3 is 0 Å². The predicted octanol–water partition coefficient (Wildman–Crippen LogP) is 3.99. The van der Waals surface area contributed by atoms with Gasteiger partial charge in [0.15, 0.2) is 0 Å². The molecule has 0 aromatic heterocycles. The van der Waals surface area contributed by atoms with E-state index in [0.29, 0.717) is 6.04 Å². The van der Waals surface area contributed by atoms with Gasteiger partial charge in [-0.15, -0.1) is 12.4 Å². The standard InChI is InChI=1S/C12H16BrN.ClH/c1-9-5-6-10(13)8-11(9)12-4-2-3-7-14-12;/h5-6,8,12,14H,2-4,7H2,1H3;1H/t12-;/m1./s1. The Bertz CT molecular complexity index is 321. The SMILES string of the molecule is Cc1ccc(Br)cc1[C@H]1CCCCN1.Cl. The molecule has 1 fully saturated rings. The Hall–Kier alpha value is -0.0500. The Morgan fingerprint density at radius 1 is 1.33 bits per heavy atom. The number of piperidine rings is 1. The highest BCUT2D eigenvalue weighted by Gasteiger charge is 2.16. The van der Waals surface area contributed by atoms with Crippen molar-refractivity contribution in [1.29, 1.82) is 0 Å². The number of rotatable bonds is 1. The van der Waals surface area contributed by atoms with Crippen LogP contribution >= 0.6 is 28.3 Å². The van der Waals surface area contributed by atoms with E-state index in [1.54, 1.807) is 0 Å². The average molecular weight is 291 g/mol. The van der Waals surface area contributed by atoms with Gasteiger partial charge in [0, 0.05) is 10.5 Å². The monoisotopic (exact) mass is 289 g/mol. The first-order valence-corrected chi connectivity index (χ1v) is 6.06. The van der Waals surface area contributed by atoms with Crippen molar-refractivity contribution < 1.29 is 0 Å². The fraction of sp³-hybridized carbons (Fsp3) is 0.500. The van der Waals surface area contributed by atoms with Crippen molar-refractivity contribution >= 4 is 28.3 Å². The topological polar surface area (TPSA) is 12.0 Å². The second kappa shape index (κ2) is 5.88. The van der Waals surface area contributed by atoms with Crippen molar-refractivity contribution in [2.24, 2.45) is 0 Å². The van der Waals surface area contributed by atoms with Crippen LogP contribution < -0.4 is 5.32 Å². The van der Waals surface area contributed by atoms with Crippen LogP contribution in [0.2, 0.25) is 0 Å². The third-order valence-corrected chi connectivity index (χ3v) is 3.42. The summed E-state index contributed by atoms with van der Waals surface area (Å²) in [4.78, 5) is 0. The zero-order chi connectivity index (χ0) is 9.97. The molecule has 0 amide bonds. The van der Waals surface area contributed by atoms with Crippen molar-refractivity contribution in [2.75, 3.05) is 6.54 Å². The third-order valence-electron chi connectivity index (χ3n) is 2.93. The molecule has 1 saturated heterocycles. The summed E-state index contributed by atoms with van der Waals surface area (Å²) in [7, 11) is 0. The average Bonchev–Trinajstić information content (AvgIpc) is 2.23. The van der Waals surface area contributed by atoms with Crippen LogP contribution in [0.5, 0.6) is 0 Å². The predicted molar refractivity (Wildman–Crippen MR) is 70.7 cm³/mol. The van der Waals surface area contributed by atoms with Gasteiger partial charge in [-0.3, -0.25) is 0 Å². The minimum Gasteiger partial charge on any atom is -0.310 e. The highest BCUT2D eigenvalue weighted by molar-refractivity contribution is 9.10. The summed E-state index contributed by atoms with van der Waals surface area (Å²) < 4.78 is 1.19. The molecule has 1 heterocycles. The molecule has 15 heavy (non-hydrogen) atoms. The highest BCUT2D eigenvalue weighted by Crippen LogP contribution is 2.27. The maximum absolute atomic E-state index is 3.58. The summed E-state index contributed by atoms with van der Waals surface area (Å²) in [6.45, 7) is 3.36. The van der Waals surface area contributed by atoms with Gasteiger partial charge in [-0.05, 0) is 49.6 Å². The molecule has 0 bridgehead atoms. The van der Waals surface area contributed by atoms with Crippen molar-refractivity contribution in [1.82, 2.24) is 5.32 Å². The molecule has 0 aliphatic carbocycles. The van der Waals surface area contributed by atoms with Gasteiger partial charge in [-0.1, -0.05) is 28.4 Å². The summed E-state index contributed by atoms with van der Waals surface area (Å²) in [5.74, 6) is 0. The second-order valence-electron chi connectivity index (χ2n) is 4.00. The molecule has 0 spiro atoms. The molecule has 1 nitrogen and oxygen atoms in total. The summed E-state index contributed by atoms with van der Waals surface area (Å²) in [6.07, 6.45) is 3.95. The van der Waals surface area contributed by atoms with Crippen LogP contribution in [0.15, 0.2) is 22.7 Å². The van der Waals surface area contributed by atoms with Crippen LogP contribution in [0.1, 0.15) is 36.4 Å². The van der Waals surface area contributed by atoms with E-state index in [-0.39, 0.29) is 12.4 Å².